The largest absolute Gasteiger partial charge is 0.355 e. The van der Waals surface area contributed by atoms with Gasteiger partial charge < -0.3 is 9.84 Å². The molecule has 0 radical (unpaired) electrons. The minimum absolute atomic E-state index is 0.259. The quantitative estimate of drug-likeness (QED) is 0.686. The number of benzene rings is 1. The molecule has 0 saturated carbocycles. The Morgan fingerprint density at radius 2 is 2.04 bits per heavy atom. The summed E-state index contributed by atoms with van der Waals surface area (Å²) in [6, 6.07) is 13.6. The molecule has 3 aromatic rings. The highest BCUT2D eigenvalue weighted by Crippen LogP contribution is 2.45. The normalized spacial score (nSPS) is 14.8. The molecule has 4 nitrogen and oxygen atoms in total. The van der Waals surface area contributed by atoms with E-state index < -0.39 is 0 Å². The van der Waals surface area contributed by atoms with Gasteiger partial charge in [-0.2, -0.15) is 0 Å². The van der Waals surface area contributed by atoms with E-state index in [9.17, 15) is 4.79 Å². The fourth-order valence-electron chi connectivity index (χ4n) is 2.43. The highest BCUT2D eigenvalue weighted by molar-refractivity contribution is 8.19. The average molecular weight is 375 g/mol. The maximum Gasteiger partial charge on any atom is 0.277 e. The van der Waals surface area contributed by atoms with Gasteiger partial charge in [-0.15, -0.1) is 34.9 Å². The second-order valence-electron chi connectivity index (χ2n) is 5.21. The number of carbonyl (C=O) groups is 1. The molecule has 122 valence electrons. The summed E-state index contributed by atoms with van der Waals surface area (Å²) in [6.07, 6.45) is 0. The van der Waals surface area contributed by atoms with E-state index in [0.29, 0.717) is 10.3 Å². The second kappa shape index (κ2) is 7.04. The highest BCUT2D eigenvalue weighted by Gasteiger charge is 2.19. The van der Waals surface area contributed by atoms with Gasteiger partial charge in [0.1, 0.15) is 0 Å². The third-order valence-electron chi connectivity index (χ3n) is 3.55. The van der Waals surface area contributed by atoms with Gasteiger partial charge in [0, 0.05) is 23.3 Å². The van der Waals surface area contributed by atoms with Crippen LogP contribution in [0.15, 0.2) is 52.4 Å². The van der Waals surface area contributed by atoms with Crippen LogP contribution in [0.4, 0.5) is 5.69 Å². The lowest BCUT2D eigenvalue weighted by Crippen LogP contribution is -2.12. The van der Waals surface area contributed by atoms with Crippen LogP contribution in [0.2, 0.25) is 0 Å². The Bertz CT molecular complexity index is 839. The van der Waals surface area contributed by atoms with E-state index in [2.05, 4.69) is 16.5 Å². The summed E-state index contributed by atoms with van der Waals surface area (Å²) in [5.74, 6) is 2.71. The summed E-state index contributed by atoms with van der Waals surface area (Å²) in [6.45, 7) is 0. The zero-order valence-corrected chi connectivity index (χ0v) is 15.0. The van der Waals surface area contributed by atoms with Crippen LogP contribution in [0.25, 0.3) is 10.6 Å². The molecule has 0 unspecified atom stereocenters. The van der Waals surface area contributed by atoms with Crippen molar-refractivity contribution in [3.63, 3.8) is 0 Å². The molecule has 2 aromatic heterocycles. The van der Waals surface area contributed by atoms with E-state index >= 15 is 0 Å². The van der Waals surface area contributed by atoms with Crippen LogP contribution in [-0.4, -0.2) is 22.6 Å². The van der Waals surface area contributed by atoms with Gasteiger partial charge in [0.15, 0.2) is 11.5 Å². The molecule has 1 saturated heterocycles. The monoisotopic (exact) mass is 374 g/mol. The smallest absolute Gasteiger partial charge is 0.277 e. The molecule has 24 heavy (non-hydrogen) atoms. The summed E-state index contributed by atoms with van der Waals surface area (Å²) in [7, 11) is 0. The second-order valence-corrected chi connectivity index (χ2v) is 8.88. The number of amides is 1. The zero-order valence-electron chi connectivity index (χ0n) is 12.6. The summed E-state index contributed by atoms with van der Waals surface area (Å²) in [4.78, 5) is 13.3. The summed E-state index contributed by atoms with van der Waals surface area (Å²) in [5, 5.41) is 8.74. The van der Waals surface area contributed by atoms with E-state index in [1.807, 2.05) is 59.2 Å². The number of anilines is 1. The number of hydrogen-bond acceptors (Lipinski definition) is 6. The zero-order chi connectivity index (χ0) is 16.4. The Kier molecular flexibility index (Phi) is 4.64. The van der Waals surface area contributed by atoms with Gasteiger partial charge in [0.05, 0.1) is 9.46 Å². The van der Waals surface area contributed by atoms with Gasteiger partial charge in [-0.3, -0.25) is 4.79 Å². The number of nitrogens with one attached hydrogen (secondary N) is 1. The third kappa shape index (κ3) is 3.38. The fraction of sp³-hybridized carbons (Fsp3) is 0.176. The summed E-state index contributed by atoms with van der Waals surface area (Å²) >= 11 is 5.44. The average Bonchev–Trinajstić information content (AvgIpc) is 3.36. The van der Waals surface area contributed by atoms with Gasteiger partial charge in [0.2, 0.25) is 0 Å². The van der Waals surface area contributed by atoms with Crippen molar-refractivity contribution in [2.45, 2.75) is 4.58 Å². The van der Waals surface area contributed by atoms with Crippen LogP contribution in [-0.2, 0) is 0 Å². The van der Waals surface area contributed by atoms with Gasteiger partial charge in [-0.05, 0) is 29.1 Å². The Morgan fingerprint density at radius 1 is 1.17 bits per heavy atom. The van der Waals surface area contributed by atoms with Gasteiger partial charge in [0.25, 0.3) is 5.91 Å². The lowest BCUT2D eigenvalue weighted by atomic mass is 10.2. The van der Waals surface area contributed by atoms with E-state index in [4.69, 9.17) is 4.52 Å². The molecule has 1 aliphatic rings. The minimum atomic E-state index is -0.259. The van der Waals surface area contributed by atoms with Crippen LogP contribution in [0.3, 0.4) is 0 Å². The molecule has 1 N–H and O–H groups in total. The molecule has 3 heterocycles. The molecule has 1 fully saturated rings. The maximum absolute atomic E-state index is 12.4. The molecule has 0 aliphatic carbocycles. The molecule has 1 amide bonds. The Hall–Kier alpha value is -1.70. The number of thiophene rings is 1. The highest BCUT2D eigenvalue weighted by atomic mass is 32.2. The Balaban J connectivity index is 1.49. The van der Waals surface area contributed by atoms with Crippen LogP contribution in [0.1, 0.15) is 20.6 Å². The lowest BCUT2D eigenvalue weighted by Gasteiger charge is -2.10. The van der Waals surface area contributed by atoms with Crippen LogP contribution >= 0.6 is 34.9 Å². The molecular formula is C17H14N2O2S3. The predicted octanol–water partition coefficient (Wildman–Crippen LogP) is 5.13. The first-order valence-corrected chi connectivity index (χ1v) is 10.4. The van der Waals surface area contributed by atoms with E-state index in [1.54, 1.807) is 17.4 Å². The number of thioether (sulfide) groups is 2. The number of hydrogen-bond donors (Lipinski definition) is 1. The van der Waals surface area contributed by atoms with Gasteiger partial charge in [-0.1, -0.05) is 23.4 Å². The van der Waals surface area contributed by atoms with Crippen molar-refractivity contribution >= 4 is 46.5 Å². The predicted molar refractivity (Wildman–Crippen MR) is 102 cm³/mol. The standard InChI is InChI=1S/C17H14N2O2S3/c20-16(13-10-14(21-19-13)15-5-2-6-22-15)18-12-4-1-3-11(9-12)17-23-7-8-24-17/h1-6,9-10,17H,7-8H2,(H,18,20). The maximum atomic E-state index is 12.4. The molecule has 0 atom stereocenters. The van der Waals surface area contributed by atoms with Crippen molar-refractivity contribution in [2.24, 2.45) is 0 Å². The van der Waals surface area contributed by atoms with Crippen molar-refractivity contribution in [1.29, 1.82) is 0 Å². The minimum Gasteiger partial charge on any atom is -0.355 e. The van der Waals surface area contributed by atoms with Crippen molar-refractivity contribution in [1.82, 2.24) is 5.16 Å². The number of carbonyl (C=O) groups excluding carboxylic acids is 1. The Labute approximate surface area is 152 Å². The molecule has 0 spiro atoms. The van der Waals surface area contributed by atoms with Crippen molar-refractivity contribution in [2.75, 3.05) is 16.8 Å². The van der Waals surface area contributed by atoms with Crippen molar-refractivity contribution < 1.29 is 9.32 Å². The topological polar surface area (TPSA) is 55.1 Å². The first-order chi connectivity index (χ1) is 11.8. The molecular weight excluding hydrogens is 360 g/mol. The van der Waals surface area contributed by atoms with E-state index in [0.717, 1.165) is 10.6 Å². The third-order valence-corrected chi connectivity index (χ3v) is 7.53. The van der Waals surface area contributed by atoms with Crippen molar-refractivity contribution in [3.8, 4) is 10.6 Å². The van der Waals surface area contributed by atoms with Gasteiger partial charge in [-0.25, -0.2) is 0 Å². The Morgan fingerprint density at radius 3 is 2.83 bits per heavy atom. The molecule has 1 aromatic carbocycles. The first kappa shape index (κ1) is 15.8. The van der Waals surface area contributed by atoms with Crippen LogP contribution in [0, 0.1) is 0 Å². The number of nitrogens with zero attached hydrogens (tertiary/aromatic N) is 1. The van der Waals surface area contributed by atoms with Crippen LogP contribution < -0.4 is 5.32 Å². The van der Waals surface area contributed by atoms with E-state index in [-0.39, 0.29) is 11.6 Å². The fourth-order valence-corrected chi connectivity index (χ4v) is 5.94. The van der Waals surface area contributed by atoms with Crippen molar-refractivity contribution in [3.05, 3.63) is 59.1 Å². The lowest BCUT2D eigenvalue weighted by molar-refractivity contribution is 0.101. The number of aromatic nitrogens is 1. The summed E-state index contributed by atoms with van der Waals surface area (Å²) in [5.41, 5.74) is 2.31. The molecule has 4 rings (SSSR count). The molecule has 1 aliphatic heterocycles. The van der Waals surface area contributed by atoms with Gasteiger partial charge >= 0.3 is 0 Å². The SMILES string of the molecule is O=C(Nc1cccc(C2SCCS2)c1)c1cc(-c2cccs2)on1. The van der Waals surface area contributed by atoms with E-state index in [1.165, 1.54) is 17.1 Å². The molecule has 7 heteroatoms. The number of rotatable bonds is 4. The first-order valence-electron chi connectivity index (χ1n) is 7.45. The summed E-state index contributed by atoms with van der Waals surface area (Å²) < 4.78 is 5.72. The van der Waals surface area contributed by atoms with Crippen LogP contribution in [0.5, 0.6) is 0 Å². The molecule has 0 bridgehead atoms.